The second-order valence-electron chi connectivity index (χ2n) is 6.34. The Morgan fingerprint density at radius 1 is 1.08 bits per heavy atom. The van der Waals surface area contributed by atoms with E-state index in [1.54, 1.807) is 36.4 Å². The first-order valence-corrected chi connectivity index (χ1v) is 9.30. The summed E-state index contributed by atoms with van der Waals surface area (Å²) in [5.41, 5.74) is 0.621. The van der Waals surface area contributed by atoms with Gasteiger partial charge in [0, 0.05) is 12.7 Å². The Balaban J connectivity index is 1.76. The van der Waals surface area contributed by atoms with Gasteiger partial charge in [-0.25, -0.2) is 8.42 Å². The number of carbonyl (C=O) groups is 1. The molecule has 6 nitrogen and oxygen atoms in total. The molecule has 1 N–H and O–H groups in total. The number of carbonyl (C=O) groups excluding carboxylic acids is 1. The largest absolute Gasteiger partial charge is 0.379 e. The van der Waals surface area contributed by atoms with E-state index in [0.29, 0.717) is 24.6 Å². The van der Waals surface area contributed by atoms with E-state index < -0.39 is 15.4 Å². The molecule has 25 heavy (non-hydrogen) atoms. The number of benzene rings is 2. The number of para-hydroxylation sites is 1. The zero-order chi connectivity index (χ0) is 18.1. The SMILES string of the molecule is CN(c1ccccc1)S(=O)(=O)c1ccc(NC(=O)C2(C)COC2)cc1. The van der Waals surface area contributed by atoms with Crippen LogP contribution >= 0.6 is 0 Å². The minimum Gasteiger partial charge on any atom is -0.379 e. The number of amides is 1. The third kappa shape index (κ3) is 3.38. The fourth-order valence-electron chi connectivity index (χ4n) is 2.47. The van der Waals surface area contributed by atoms with Crippen molar-refractivity contribution in [3.63, 3.8) is 0 Å². The number of rotatable bonds is 5. The normalized spacial score (nSPS) is 15.9. The Kier molecular flexibility index (Phi) is 4.53. The van der Waals surface area contributed by atoms with Crippen molar-refractivity contribution < 1.29 is 17.9 Å². The van der Waals surface area contributed by atoms with E-state index in [0.717, 1.165) is 0 Å². The van der Waals surface area contributed by atoms with Gasteiger partial charge in [-0.15, -0.1) is 0 Å². The van der Waals surface area contributed by atoms with Crippen LogP contribution in [0.25, 0.3) is 0 Å². The highest BCUT2D eigenvalue weighted by molar-refractivity contribution is 7.92. The zero-order valence-electron chi connectivity index (χ0n) is 14.1. The average Bonchev–Trinajstić information content (AvgIpc) is 2.60. The van der Waals surface area contributed by atoms with E-state index in [2.05, 4.69) is 5.32 Å². The van der Waals surface area contributed by atoms with Gasteiger partial charge >= 0.3 is 0 Å². The van der Waals surface area contributed by atoms with Gasteiger partial charge in [0.05, 0.1) is 29.2 Å². The van der Waals surface area contributed by atoms with Gasteiger partial charge in [0.2, 0.25) is 5.91 Å². The predicted molar refractivity (Wildman–Crippen MR) is 96.0 cm³/mol. The molecule has 0 saturated carbocycles. The summed E-state index contributed by atoms with van der Waals surface area (Å²) in [6.07, 6.45) is 0. The van der Waals surface area contributed by atoms with Crippen LogP contribution in [0.5, 0.6) is 0 Å². The molecule has 0 radical (unpaired) electrons. The number of hydrogen-bond acceptors (Lipinski definition) is 4. The molecule has 0 spiro atoms. The number of nitrogens with one attached hydrogen (secondary N) is 1. The van der Waals surface area contributed by atoms with Crippen molar-refractivity contribution in [1.29, 1.82) is 0 Å². The molecule has 2 aromatic rings. The van der Waals surface area contributed by atoms with Crippen LogP contribution in [0.15, 0.2) is 59.5 Å². The van der Waals surface area contributed by atoms with E-state index in [9.17, 15) is 13.2 Å². The van der Waals surface area contributed by atoms with Crippen molar-refractivity contribution in [2.75, 3.05) is 29.9 Å². The molecule has 0 atom stereocenters. The molecule has 0 unspecified atom stereocenters. The quantitative estimate of drug-likeness (QED) is 0.889. The summed E-state index contributed by atoms with van der Waals surface area (Å²) in [5.74, 6) is -0.129. The van der Waals surface area contributed by atoms with Crippen LogP contribution in [-0.2, 0) is 19.6 Å². The fourth-order valence-corrected chi connectivity index (χ4v) is 3.66. The molecular weight excluding hydrogens is 340 g/mol. The van der Waals surface area contributed by atoms with E-state index in [-0.39, 0.29) is 10.8 Å². The van der Waals surface area contributed by atoms with Gasteiger partial charge in [-0.3, -0.25) is 9.10 Å². The van der Waals surface area contributed by atoms with Crippen molar-refractivity contribution >= 4 is 27.3 Å². The lowest BCUT2D eigenvalue weighted by molar-refractivity contribution is -0.151. The number of nitrogens with zero attached hydrogens (tertiary/aromatic N) is 1. The maximum atomic E-state index is 12.7. The Labute approximate surface area is 147 Å². The third-order valence-corrected chi connectivity index (χ3v) is 6.08. The maximum absolute atomic E-state index is 12.7. The van der Waals surface area contributed by atoms with Gasteiger partial charge in [0.25, 0.3) is 10.0 Å². The maximum Gasteiger partial charge on any atom is 0.264 e. The molecule has 1 fully saturated rings. The summed E-state index contributed by atoms with van der Waals surface area (Å²) in [7, 11) is -2.15. The van der Waals surface area contributed by atoms with E-state index in [1.165, 1.54) is 23.5 Å². The van der Waals surface area contributed by atoms with Crippen LogP contribution in [0.3, 0.4) is 0 Å². The van der Waals surface area contributed by atoms with Crippen LogP contribution in [0.2, 0.25) is 0 Å². The van der Waals surface area contributed by atoms with Crippen LogP contribution in [0.1, 0.15) is 6.92 Å². The number of sulfonamides is 1. The highest BCUT2D eigenvalue weighted by Gasteiger charge is 2.41. The molecule has 7 heteroatoms. The molecule has 0 aliphatic carbocycles. The Bertz CT molecular complexity index is 860. The molecular formula is C18H20N2O4S. The lowest BCUT2D eigenvalue weighted by Gasteiger charge is -2.36. The second kappa shape index (κ2) is 6.50. The van der Waals surface area contributed by atoms with Crippen molar-refractivity contribution in [3.05, 3.63) is 54.6 Å². The van der Waals surface area contributed by atoms with E-state index in [1.807, 2.05) is 13.0 Å². The molecule has 0 aromatic heterocycles. The zero-order valence-corrected chi connectivity index (χ0v) is 14.9. The lowest BCUT2D eigenvalue weighted by Crippen LogP contribution is -2.49. The van der Waals surface area contributed by atoms with Gasteiger partial charge < -0.3 is 10.1 Å². The summed E-state index contributed by atoms with van der Waals surface area (Å²) in [6.45, 7) is 2.62. The topological polar surface area (TPSA) is 75.7 Å². The van der Waals surface area contributed by atoms with Crippen LogP contribution in [0, 0.1) is 5.41 Å². The number of anilines is 2. The molecule has 3 rings (SSSR count). The molecule has 1 heterocycles. The Morgan fingerprint density at radius 3 is 2.20 bits per heavy atom. The molecule has 132 valence electrons. The summed E-state index contributed by atoms with van der Waals surface area (Å²) < 4.78 is 31.7. The lowest BCUT2D eigenvalue weighted by atomic mass is 9.87. The van der Waals surface area contributed by atoms with Crippen LogP contribution in [-0.4, -0.2) is 34.6 Å². The van der Waals surface area contributed by atoms with E-state index >= 15 is 0 Å². The highest BCUT2D eigenvalue weighted by Crippen LogP contribution is 2.29. The van der Waals surface area contributed by atoms with Gasteiger partial charge in [-0.1, -0.05) is 18.2 Å². The van der Waals surface area contributed by atoms with E-state index in [4.69, 9.17) is 4.74 Å². The summed E-state index contributed by atoms with van der Waals surface area (Å²) in [6, 6.07) is 15.0. The second-order valence-corrected chi connectivity index (χ2v) is 8.31. The minimum atomic E-state index is -3.66. The van der Waals surface area contributed by atoms with Crippen molar-refractivity contribution in [2.45, 2.75) is 11.8 Å². The Hall–Kier alpha value is -2.38. The van der Waals surface area contributed by atoms with Gasteiger partial charge in [-0.2, -0.15) is 0 Å². The van der Waals surface area contributed by atoms with Crippen molar-refractivity contribution in [2.24, 2.45) is 5.41 Å². The first-order valence-electron chi connectivity index (χ1n) is 7.86. The first-order chi connectivity index (χ1) is 11.8. The molecule has 1 saturated heterocycles. The standard InChI is InChI=1S/C18H20N2O4S/c1-18(12-24-13-18)17(21)19-14-8-10-16(11-9-14)25(22,23)20(2)15-6-4-3-5-7-15/h3-11H,12-13H2,1-2H3,(H,19,21). The van der Waals surface area contributed by atoms with Crippen LogP contribution in [0.4, 0.5) is 11.4 Å². The van der Waals surface area contributed by atoms with Crippen LogP contribution < -0.4 is 9.62 Å². The molecule has 1 aliphatic heterocycles. The average molecular weight is 360 g/mol. The van der Waals surface area contributed by atoms with Gasteiger partial charge in [-0.05, 0) is 43.3 Å². The summed E-state index contributed by atoms with van der Waals surface area (Å²) in [4.78, 5) is 12.3. The minimum absolute atomic E-state index is 0.129. The molecule has 0 bridgehead atoms. The van der Waals surface area contributed by atoms with Crippen molar-refractivity contribution in [3.8, 4) is 0 Å². The predicted octanol–water partition coefficient (Wildman–Crippen LogP) is 2.49. The smallest absolute Gasteiger partial charge is 0.264 e. The fraction of sp³-hybridized carbons (Fsp3) is 0.278. The Morgan fingerprint density at radius 2 is 1.68 bits per heavy atom. The molecule has 2 aromatic carbocycles. The first kappa shape index (κ1) is 17.4. The number of hydrogen-bond donors (Lipinski definition) is 1. The summed E-state index contributed by atoms with van der Waals surface area (Å²) >= 11 is 0. The van der Waals surface area contributed by atoms with Crippen molar-refractivity contribution in [1.82, 2.24) is 0 Å². The highest BCUT2D eigenvalue weighted by atomic mass is 32.2. The molecule has 1 amide bonds. The monoisotopic (exact) mass is 360 g/mol. The molecule has 1 aliphatic rings. The number of ether oxygens (including phenoxy) is 1. The third-order valence-electron chi connectivity index (χ3n) is 4.28. The summed E-state index contributed by atoms with van der Waals surface area (Å²) in [5, 5.41) is 2.80. The van der Waals surface area contributed by atoms with Gasteiger partial charge in [0.15, 0.2) is 0 Å². The van der Waals surface area contributed by atoms with Gasteiger partial charge in [0.1, 0.15) is 0 Å².